The van der Waals surface area contributed by atoms with Gasteiger partial charge in [-0.1, -0.05) is 0 Å². The first-order valence-corrected chi connectivity index (χ1v) is 8.40. The molecule has 1 rings (SSSR count). The van der Waals surface area contributed by atoms with Crippen molar-refractivity contribution in [2.45, 2.75) is 25.8 Å². The molecule has 0 aliphatic carbocycles. The van der Waals surface area contributed by atoms with E-state index in [9.17, 15) is 18.0 Å². The number of carbonyl (C=O) groups excluding carboxylic acids is 1. The van der Waals surface area contributed by atoms with Crippen molar-refractivity contribution >= 4 is 14.6 Å². The second-order valence-corrected chi connectivity index (χ2v) is 9.01. The average Bonchev–Trinajstić information content (AvgIpc) is 2.14. The lowest BCUT2D eigenvalue weighted by Crippen LogP contribution is -2.30. The molecule has 1 aromatic rings. The molecule has 0 spiro atoms. The van der Waals surface area contributed by atoms with Crippen LogP contribution in [0.15, 0.2) is 18.2 Å². The Labute approximate surface area is 98.5 Å². The molecule has 6 heteroatoms. The standard InChI is InChI=1S/C11H13F3O2Si/c1-17(2,3)16-10-5-4-8(7-15)6-9(10)11(12,13)14/h4-7H,1-3H3. The van der Waals surface area contributed by atoms with Gasteiger partial charge in [-0.3, -0.25) is 4.79 Å². The van der Waals surface area contributed by atoms with Crippen LogP contribution in [0.4, 0.5) is 13.2 Å². The predicted molar refractivity (Wildman–Crippen MR) is 60.8 cm³/mol. The number of alkyl halides is 3. The van der Waals surface area contributed by atoms with Gasteiger partial charge in [0, 0.05) is 5.56 Å². The van der Waals surface area contributed by atoms with Crippen molar-refractivity contribution in [3.05, 3.63) is 29.3 Å². The fourth-order valence-electron chi connectivity index (χ4n) is 1.26. The predicted octanol–water partition coefficient (Wildman–Crippen LogP) is 3.73. The van der Waals surface area contributed by atoms with Crippen LogP contribution < -0.4 is 4.43 Å². The van der Waals surface area contributed by atoms with Crippen molar-refractivity contribution in [2.24, 2.45) is 0 Å². The molecule has 0 unspecified atom stereocenters. The maximum atomic E-state index is 12.8. The van der Waals surface area contributed by atoms with Gasteiger partial charge in [-0.25, -0.2) is 0 Å². The van der Waals surface area contributed by atoms with Crippen LogP contribution in [0.3, 0.4) is 0 Å². The number of halogens is 3. The van der Waals surface area contributed by atoms with Gasteiger partial charge in [0.25, 0.3) is 0 Å². The van der Waals surface area contributed by atoms with Crippen LogP contribution in [0.1, 0.15) is 15.9 Å². The maximum absolute atomic E-state index is 12.8. The molecular formula is C11H13F3O2Si. The molecule has 0 atom stereocenters. The monoisotopic (exact) mass is 262 g/mol. The highest BCUT2D eigenvalue weighted by Crippen LogP contribution is 2.37. The summed E-state index contributed by atoms with van der Waals surface area (Å²) in [6.45, 7) is 5.38. The summed E-state index contributed by atoms with van der Waals surface area (Å²) in [5.74, 6) is -0.206. The van der Waals surface area contributed by atoms with Gasteiger partial charge < -0.3 is 4.43 Å². The molecule has 0 aliphatic rings. The van der Waals surface area contributed by atoms with E-state index in [1.165, 1.54) is 12.1 Å². The van der Waals surface area contributed by atoms with E-state index in [0.29, 0.717) is 6.29 Å². The molecule has 0 aromatic heterocycles. The normalized spacial score (nSPS) is 12.4. The Morgan fingerprint density at radius 3 is 2.24 bits per heavy atom. The molecule has 0 N–H and O–H groups in total. The van der Waals surface area contributed by atoms with Crippen LogP contribution in [-0.4, -0.2) is 14.6 Å². The summed E-state index contributed by atoms with van der Waals surface area (Å²) in [7, 11) is -2.12. The zero-order valence-corrected chi connectivity index (χ0v) is 10.8. The van der Waals surface area contributed by atoms with Crippen molar-refractivity contribution in [3.63, 3.8) is 0 Å². The first kappa shape index (κ1) is 13.8. The van der Waals surface area contributed by atoms with E-state index in [2.05, 4.69) is 0 Å². The number of carbonyl (C=O) groups is 1. The highest BCUT2D eigenvalue weighted by atomic mass is 28.4. The number of hydrogen-bond acceptors (Lipinski definition) is 2. The fraction of sp³-hybridized carbons (Fsp3) is 0.364. The van der Waals surface area contributed by atoms with Crippen LogP contribution in [0.2, 0.25) is 19.6 Å². The lowest BCUT2D eigenvalue weighted by Gasteiger charge is -2.22. The fourth-order valence-corrected chi connectivity index (χ4v) is 2.10. The van der Waals surface area contributed by atoms with Crippen LogP contribution in [0.25, 0.3) is 0 Å². The molecule has 0 fully saturated rings. The third kappa shape index (κ3) is 3.88. The third-order valence-corrected chi connectivity index (χ3v) is 2.69. The van der Waals surface area contributed by atoms with Gasteiger partial charge >= 0.3 is 6.18 Å². The van der Waals surface area contributed by atoms with Crippen molar-refractivity contribution in [1.29, 1.82) is 0 Å². The van der Waals surface area contributed by atoms with E-state index >= 15 is 0 Å². The first-order valence-electron chi connectivity index (χ1n) is 4.99. The molecule has 0 aliphatic heterocycles. The highest BCUT2D eigenvalue weighted by molar-refractivity contribution is 6.70. The van der Waals surface area contributed by atoms with E-state index < -0.39 is 20.1 Å². The Balaban J connectivity index is 3.25. The Hall–Kier alpha value is -1.30. The Morgan fingerprint density at radius 2 is 1.82 bits per heavy atom. The molecule has 94 valence electrons. The number of rotatable bonds is 3. The molecule has 0 amide bonds. The summed E-state index contributed by atoms with van der Waals surface area (Å²) in [5.41, 5.74) is -0.912. The second kappa shape index (κ2) is 4.52. The number of benzene rings is 1. The molecule has 0 heterocycles. The van der Waals surface area contributed by atoms with Gasteiger partial charge in [-0.2, -0.15) is 13.2 Å². The highest BCUT2D eigenvalue weighted by Gasteiger charge is 2.35. The molecule has 0 radical (unpaired) electrons. The van der Waals surface area contributed by atoms with Crippen LogP contribution in [0, 0.1) is 0 Å². The van der Waals surface area contributed by atoms with E-state index in [1.54, 1.807) is 19.6 Å². The Kier molecular flexibility index (Phi) is 3.66. The van der Waals surface area contributed by atoms with Gasteiger partial charge in [0.15, 0.2) is 0 Å². The summed E-state index contributed by atoms with van der Waals surface area (Å²) in [4.78, 5) is 10.5. The smallest absolute Gasteiger partial charge is 0.419 e. The first-order chi connectivity index (χ1) is 7.63. The third-order valence-electron chi connectivity index (χ3n) is 1.86. The van der Waals surface area contributed by atoms with Crippen LogP contribution >= 0.6 is 0 Å². The minimum atomic E-state index is -4.52. The summed E-state index contributed by atoms with van der Waals surface area (Å²) < 4.78 is 43.6. The van der Waals surface area contributed by atoms with E-state index in [0.717, 1.165) is 6.07 Å². The number of hydrogen-bond donors (Lipinski definition) is 0. The van der Waals surface area contributed by atoms with Gasteiger partial charge in [0.05, 0.1) is 5.56 Å². The topological polar surface area (TPSA) is 26.3 Å². The number of aldehydes is 1. The summed E-state index contributed by atoms with van der Waals surface area (Å²) >= 11 is 0. The quantitative estimate of drug-likeness (QED) is 0.613. The SMILES string of the molecule is C[Si](C)(C)Oc1ccc(C=O)cc1C(F)(F)F. The van der Waals surface area contributed by atoms with Gasteiger partial charge in [-0.05, 0) is 37.8 Å². The van der Waals surface area contributed by atoms with Crippen LogP contribution in [-0.2, 0) is 6.18 Å². The molecule has 0 saturated carbocycles. The van der Waals surface area contributed by atoms with Gasteiger partial charge in [-0.15, -0.1) is 0 Å². The minimum Gasteiger partial charge on any atom is -0.544 e. The lowest BCUT2D eigenvalue weighted by molar-refractivity contribution is -0.138. The summed E-state index contributed by atoms with van der Waals surface area (Å²) in [6, 6.07) is 3.32. The maximum Gasteiger partial charge on any atom is 0.419 e. The van der Waals surface area contributed by atoms with E-state index in [4.69, 9.17) is 4.43 Å². The summed E-state index contributed by atoms with van der Waals surface area (Å²) in [6.07, 6.45) is -4.14. The van der Waals surface area contributed by atoms with Gasteiger partial charge in [0.2, 0.25) is 8.32 Å². The largest absolute Gasteiger partial charge is 0.544 e. The average molecular weight is 262 g/mol. The zero-order chi connectivity index (χ0) is 13.3. The molecule has 0 bridgehead atoms. The Bertz CT molecular complexity index is 422. The molecule has 1 aromatic carbocycles. The lowest BCUT2D eigenvalue weighted by atomic mass is 10.1. The second-order valence-electron chi connectivity index (χ2n) is 4.59. The summed E-state index contributed by atoms with van der Waals surface area (Å²) in [5, 5.41) is 0. The molecule has 0 saturated heterocycles. The molecule has 2 nitrogen and oxygen atoms in total. The molecular weight excluding hydrogens is 249 g/mol. The van der Waals surface area contributed by atoms with Crippen molar-refractivity contribution in [2.75, 3.05) is 0 Å². The minimum absolute atomic E-state index is 0.0137. The van der Waals surface area contributed by atoms with Crippen LogP contribution in [0.5, 0.6) is 5.75 Å². The van der Waals surface area contributed by atoms with E-state index in [-0.39, 0.29) is 11.3 Å². The van der Waals surface area contributed by atoms with Gasteiger partial charge in [0.1, 0.15) is 12.0 Å². The zero-order valence-electron chi connectivity index (χ0n) is 9.76. The Morgan fingerprint density at radius 1 is 1.24 bits per heavy atom. The van der Waals surface area contributed by atoms with E-state index in [1.807, 2.05) is 0 Å². The van der Waals surface area contributed by atoms with Crippen molar-refractivity contribution in [1.82, 2.24) is 0 Å². The van der Waals surface area contributed by atoms with Crippen molar-refractivity contribution in [3.8, 4) is 5.75 Å². The van der Waals surface area contributed by atoms with Crippen molar-refractivity contribution < 1.29 is 22.4 Å². The molecule has 17 heavy (non-hydrogen) atoms.